The van der Waals surface area contributed by atoms with Gasteiger partial charge >= 0.3 is 0 Å². The van der Waals surface area contributed by atoms with Gasteiger partial charge in [-0.1, -0.05) is 31.5 Å². The van der Waals surface area contributed by atoms with Gasteiger partial charge in [0.15, 0.2) is 5.96 Å². The first-order chi connectivity index (χ1) is 12.1. The largest absolute Gasteiger partial charge is 0.353 e. The molecule has 3 rings (SSSR count). The SMILES string of the molecule is CCCC1CC1NC(=NC)NCc1ccccc1-n1nc(C)cc1C.I. The molecular weight excluding hydrogens is 437 g/mol. The molecule has 1 aromatic heterocycles. The summed E-state index contributed by atoms with van der Waals surface area (Å²) in [6, 6.07) is 11.1. The molecule has 26 heavy (non-hydrogen) atoms. The van der Waals surface area contributed by atoms with Crippen molar-refractivity contribution in [1.82, 2.24) is 20.4 Å². The van der Waals surface area contributed by atoms with E-state index >= 15 is 0 Å². The second kappa shape index (κ2) is 9.39. The third-order valence-corrected chi connectivity index (χ3v) is 4.80. The molecule has 0 radical (unpaired) electrons. The summed E-state index contributed by atoms with van der Waals surface area (Å²) in [5, 5.41) is 11.6. The van der Waals surface area contributed by atoms with Gasteiger partial charge in [-0.3, -0.25) is 4.99 Å². The lowest BCUT2D eigenvalue weighted by atomic mass is 10.1. The van der Waals surface area contributed by atoms with Gasteiger partial charge in [-0.2, -0.15) is 5.10 Å². The molecule has 1 fully saturated rings. The van der Waals surface area contributed by atoms with Crippen molar-refractivity contribution in [1.29, 1.82) is 0 Å². The molecule has 2 N–H and O–H groups in total. The fourth-order valence-corrected chi connectivity index (χ4v) is 3.40. The Balaban J connectivity index is 0.00000243. The van der Waals surface area contributed by atoms with Crippen LogP contribution < -0.4 is 10.6 Å². The molecule has 0 spiro atoms. The maximum Gasteiger partial charge on any atom is 0.191 e. The lowest BCUT2D eigenvalue weighted by Crippen LogP contribution is -2.38. The van der Waals surface area contributed by atoms with Gasteiger partial charge in [-0.25, -0.2) is 4.68 Å². The molecule has 1 heterocycles. The molecule has 5 nitrogen and oxygen atoms in total. The van der Waals surface area contributed by atoms with Gasteiger partial charge < -0.3 is 10.6 Å². The zero-order valence-electron chi connectivity index (χ0n) is 16.1. The van der Waals surface area contributed by atoms with Gasteiger partial charge in [-0.05, 0) is 50.3 Å². The number of nitrogens with one attached hydrogen (secondary N) is 2. The summed E-state index contributed by atoms with van der Waals surface area (Å²) in [4.78, 5) is 4.37. The normalized spacial score (nSPS) is 19.0. The summed E-state index contributed by atoms with van der Waals surface area (Å²) in [6.07, 6.45) is 3.82. The van der Waals surface area contributed by atoms with Crippen LogP contribution in [0.15, 0.2) is 35.3 Å². The van der Waals surface area contributed by atoms with Crippen LogP contribution in [0.2, 0.25) is 0 Å². The van der Waals surface area contributed by atoms with Crippen molar-refractivity contribution in [2.45, 2.75) is 52.6 Å². The lowest BCUT2D eigenvalue weighted by molar-refractivity contribution is 0.655. The smallest absolute Gasteiger partial charge is 0.191 e. The Kier molecular flexibility index (Phi) is 7.49. The molecule has 6 heteroatoms. The van der Waals surface area contributed by atoms with Crippen molar-refractivity contribution in [2.24, 2.45) is 10.9 Å². The lowest BCUT2D eigenvalue weighted by Gasteiger charge is -2.15. The van der Waals surface area contributed by atoms with Gasteiger partial charge in [-0.15, -0.1) is 24.0 Å². The number of aliphatic imine (C=N–C) groups is 1. The zero-order valence-corrected chi connectivity index (χ0v) is 18.5. The van der Waals surface area contributed by atoms with E-state index in [-0.39, 0.29) is 24.0 Å². The van der Waals surface area contributed by atoms with E-state index in [1.54, 1.807) is 0 Å². The van der Waals surface area contributed by atoms with E-state index in [1.807, 2.05) is 18.7 Å². The third-order valence-electron chi connectivity index (χ3n) is 4.80. The van der Waals surface area contributed by atoms with Crippen molar-refractivity contribution in [3.8, 4) is 5.69 Å². The number of para-hydroxylation sites is 1. The van der Waals surface area contributed by atoms with Gasteiger partial charge in [0.05, 0.1) is 11.4 Å². The van der Waals surface area contributed by atoms with Crippen LogP contribution >= 0.6 is 24.0 Å². The zero-order chi connectivity index (χ0) is 17.8. The standard InChI is InChI=1S/C20H29N5.HI/c1-5-8-16-12-18(16)23-20(21-4)22-13-17-9-6-7-10-19(17)25-15(3)11-14(2)24-25;/h6-7,9-11,16,18H,5,8,12-13H2,1-4H3,(H2,21,22,23);1H. The maximum absolute atomic E-state index is 4.62. The molecule has 2 aromatic rings. The predicted octanol–water partition coefficient (Wildman–Crippen LogP) is 3.96. The summed E-state index contributed by atoms with van der Waals surface area (Å²) >= 11 is 0. The summed E-state index contributed by atoms with van der Waals surface area (Å²) in [7, 11) is 1.83. The van der Waals surface area contributed by atoms with Crippen molar-refractivity contribution < 1.29 is 0 Å². The highest BCUT2D eigenvalue weighted by atomic mass is 127. The van der Waals surface area contributed by atoms with Crippen molar-refractivity contribution in [2.75, 3.05) is 7.05 Å². The van der Waals surface area contributed by atoms with E-state index in [0.717, 1.165) is 35.5 Å². The molecule has 142 valence electrons. The van der Waals surface area contributed by atoms with Crippen LogP contribution in [-0.2, 0) is 6.54 Å². The van der Waals surface area contributed by atoms with Crippen LogP contribution in [0, 0.1) is 19.8 Å². The van der Waals surface area contributed by atoms with Gasteiger partial charge in [0, 0.05) is 25.3 Å². The second-order valence-electron chi connectivity index (χ2n) is 6.93. The number of rotatable bonds is 6. The first kappa shape index (κ1) is 20.7. The number of benzene rings is 1. The van der Waals surface area contributed by atoms with E-state index in [4.69, 9.17) is 0 Å². The highest BCUT2D eigenvalue weighted by Gasteiger charge is 2.36. The fraction of sp³-hybridized carbons (Fsp3) is 0.500. The molecule has 1 aliphatic carbocycles. The predicted molar refractivity (Wildman–Crippen MR) is 119 cm³/mol. The van der Waals surface area contributed by atoms with E-state index in [1.165, 1.54) is 24.8 Å². The Morgan fingerprint density at radius 2 is 2.08 bits per heavy atom. The molecule has 1 saturated carbocycles. The van der Waals surface area contributed by atoms with Crippen molar-refractivity contribution in [3.05, 3.63) is 47.3 Å². The monoisotopic (exact) mass is 467 g/mol. The first-order valence-electron chi connectivity index (χ1n) is 9.21. The van der Waals surface area contributed by atoms with Crippen LogP contribution in [0.4, 0.5) is 0 Å². The quantitative estimate of drug-likeness (QED) is 0.384. The van der Waals surface area contributed by atoms with Crippen LogP contribution in [0.5, 0.6) is 0 Å². The average molecular weight is 467 g/mol. The Labute approximate surface area is 173 Å². The topological polar surface area (TPSA) is 54.2 Å². The number of hydrogen-bond acceptors (Lipinski definition) is 2. The highest BCUT2D eigenvalue weighted by molar-refractivity contribution is 14.0. The molecule has 1 aromatic carbocycles. The van der Waals surface area contributed by atoms with E-state index in [2.05, 4.69) is 64.9 Å². The minimum atomic E-state index is 0. The molecule has 2 atom stereocenters. The van der Waals surface area contributed by atoms with Crippen LogP contribution in [0.3, 0.4) is 0 Å². The van der Waals surface area contributed by atoms with E-state index in [9.17, 15) is 0 Å². The molecule has 0 bridgehead atoms. The number of aryl methyl sites for hydroxylation is 2. The molecular formula is C20H30IN5. The molecule has 0 amide bonds. The van der Waals surface area contributed by atoms with Crippen LogP contribution in [-0.4, -0.2) is 28.8 Å². The third kappa shape index (κ3) is 4.99. The van der Waals surface area contributed by atoms with Gasteiger partial charge in [0.1, 0.15) is 0 Å². The van der Waals surface area contributed by atoms with Gasteiger partial charge in [0.2, 0.25) is 0 Å². The number of guanidine groups is 1. The molecule has 0 aliphatic heterocycles. The highest BCUT2D eigenvalue weighted by Crippen LogP contribution is 2.34. The maximum atomic E-state index is 4.62. The number of aromatic nitrogens is 2. The van der Waals surface area contributed by atoms with Crippen molar-refractivity contribution >= 4 is 29.9 Å². The van der Waals surface area contributed by atoms with E-state index < -0.39 is 0 Å². The minimum Gasteiger partial charge on any atom is -0.353 e. The Bertz CT molecular complexity index is 752. The Morgan fingerprint density at radius 1 is 1.31 bits per heavy atom. The first-order valence-corrected chi connectivity index (χ1v) is 9.21. The Hall–Kier alpha value is -1.57. The summed E-state index contributed by atoms with van der Waals surface area (Å²) in [6.45, 7) is 7.09. The Morgan fingerprint density at radius 3 is 2.73 bits per heavy atom. The van der Waals surface area contributed by atoms with Crippen LogP contribution in [0.25, 0.3) is 5.69 Å². The average Bonchev–Trinajstić information content (AvgIpc) is 3.25. The van der Waals surface area contributed by atoms with Gasteiger partial charge in [0.25, 0.3) is 0 Å². The van der Waals surface area contributed by atoms with Crippen LogP contribution in [0.1, 0.15) is 43.1 Å². The second-order valence-corrected chi connectivity index (χ2v) is 6.93. The number of hydrogen-bond donors (Lipinski definition) is 2. The summed E-state index contributed by atoms with van der Waals surface area (Å²) in [5.41, 5.74) is 4.50. The number of nitrogens with zero attached hydrogens (tertiary/aromatic N) is 3. The summed E-state index contributed by atoms with van der Waals surface area (Å²) in [5.74, 6) is 1.69. The molecule has 0 saturated heterocycles. The molecule has 2 unspecified atom stereocenters. The molecule has 1 aliphatic rings. The number of halogens is 1. The van der Waals surface area contributed by atoms with E-state index in [0.29, 0.717) is 6.04 Å². The van der Waals surface area contributed by atoms with Crippen molar-refractivity contribution in [3.63, 3.8) is 0 Å². The minimum absolute atomic E-state index is 0. The fourth-order valence-electron chi connectivity index (χ4n) is 3.40. The summed E-state index contributed by atoms with van der Waals surface area (Å²) < 4.78 is 2.01.